The van der Waals surface area contributed by atoms with E-state index in [2.05, 4.69) is 15.2 Å². The van der Waals surface area contributed by atoms with Crippen LogP contribution >= 0.6 is 23.2 Å². The van der Waals surface area contributed by atoms with Gasteiger partial charge in [0.1, 0.15) is 5.75 Å². The van der Waals surface area contributed by atoms with Gasteiger partial charge in [-0.15, -0.1) is 0 Å². The highest BCUT2D eigenvalue weighted by atomic mass is 35.5. The molecule has 0 fully saturated rings. The number of hydrogen-bond acceptors (Lipinski definition) is 5. The van der Waals surface area contributed by atoms with E-state index in [-0.39, 0.29) is 11.7 Å². The van der Waals surface area contributed by atoms with Crippen molar-refractivity contribution >= 4 is 39.9 Å². The fraction of sp³-hybridized carbons (Fsp3) is 0.261. The number of H-pyrrole nitrogens is 1. The van der Waals surface area contributed by atoms with Crippen LogP contribution in [0.2, 0.25) is 10.2 Å². The number of aliphatic hydroxyl groups excluding tert-OH is 1. The molecule has 0 bridgehead atoms. The largest absolute Gasteiger partial charge is 0.493 e. The zero-order valence-electron chi connectivity index (χ0n) is 17.2. The van der Waals surface area contributed by atoms with Gasteiger partial charge in [-0.1, -0.05) is 23.2 Å². The number of carbonyl (C=O) groups excluding carboxylic acids is 1. The molecule has 0 spiro atoms. The molecule has 9 heteroatoms. The lowest BCUT2D eigenvalue weighted by molar-refractivity contribution is 0.0856. The molecule has 1 aromatic carbocycles. The zero-order chi connectivity index (χ0) is 22.4. The molecule has 0 aliphatic carbocycles. The minimum atomic E-state index is -0.588. The van der Waals surface area contributed by atoms with Gasteiger partial charge in [0.15, 0.2) is 10.9 Å². The first kappa shape index (κ1) is 21.0. The van der Waals surface area contributed by atoms with Crippen LogP contribution in [-0.4, -0.2) is 43.3 Å². The van der Waals surface area contributed by atoms with Crippen LogP contribution in [0.15, 0.2) is 42.9 Å². The molecule has 32 heavy (non-hydrogen) atoms. The fourth-order valence-electron chi connectivity index (χ4n) is 4.17. The number of ketones is 1. The molecular weight excluding hydrogens is 451 g/mol. The maximum Gasteiger partial charge on any atom is 0.171 e. The SMILES string of the molecule is C[C@@H](O)Cn1cc(C(=O)C2COc3ccc(Cl)cc3C2)c2cnc(-c3c[nH]nc3Cl)cc21. The predicted octanol–water partition coefficient (Wildman–Crippen LogP) is 4.55. The molecule has 4 heterocycles. The fourth-order valence-corrected chi connectivity index (χ4v) is 4.56. The van der Waals surface area contributed by atoms with E-state index in [1.807, 2.05) is 22.8 Å². The lowest BCUT2D eigenvalue weighted by Crippen LogP contribution is -2.28. The molecule has 5 rings (SSSR count). The lowest BCUT2D eigenvalue weighted by atomic mass is 9.90. The minimum Gasteiger partial charge on any atom is -0.493 e. The van der Waals surface area contributed by atoms with Crippen molar-refractivity contribution in [1.29, 1.82) is 0 Å². The van der Waals surface area contributed by atoms with Crippen molar-refractivity contribution in [1.82, 2.24) is 19.7 Å². The zero-order valence-corrected chi connectivity index (χ0v) is 18.7. The molecule has 0 saturated carbocycles. The number of aromatic nitrogens is 4. The number of nitrogens with zero attached hydrogens (tertiary/aromatic N) is 3. The summed E-state index contributed by atoms with van der Waals surface area (Å²) in [6.45, 7) is 2.34. The van der Waals surface area contributed by atoms with Crippen LogP contribution in [0.5, 0.6) is 5.75 Å². The molecule has 4 aromatic rings. The lowest BCUT2D eigenvalue weighted by Gasteiger charge is -2.24. The monoisotopic (exact) mass is 470 g/mol. The first-order valence-corrected chi connectivity index (χ1v) is 11.0. The van der Waals surface area contributed by atoms with E-state index >= 15 is 0 Å². The number of Topliss-reactive ketones (excluding diaryl/α,β-unsaturated/α-hetero) is 1. The summed E-state index contributed by atoms with van der Waals surface area (Å²) in [4.78, 5) is 18.0. The molecule has 1 unspecified atom stereocenters. The topological polar surface area (TPSA) is 93.0 Å². The number of ether oxygens (including phenoxy) is 1. The Balaban J connectivity index is 1.55. The summed E-state index contributed by atoms with van der Waals surface area (Å²) in [6.07, 6.45) is 5.10. The number of rotatable bonds is 5. The van der Waals surface area contributed by atoms with Gasteiger partial charge in [-0.3, -0.25) is 14.9 Å². The van der Waals surface area contributed by atoms with Crippen LogP contribution in [0.25, 0.3) is 22.2 Å². The Hall–Kier alpha value is -2.87. The van der Waals surface area contributed by atoms with Crippen LogP contribution < -0.4 is 4.74 Å². The minimum absolute atomic E-state index is 0.0270. The second kappa shape index (κ2) is 8.24. The Bertz CT molecular complexity index is 1330. The van der Waals surface area contributed by atoms with E-state index in [0.29, 0.717) is 46.6 Å². The number of pyridine rings is 1. The Kier molecular flexibility index (Phi) is 5.41. The molecule has 0 radical (unpaired) electrons. The smallest absolute Gasteiger partial charge is 0.171 e. The van der Waals surface area contributed by atoms with Crippen molar-refractivity contribution in [3.8, 4) is 17.0 Å². The number of nitrogens with one attached hydrogen (secondary N) is 1. The first-order valence-electron chi connectivity index (χ1n) is 10.2. The Labute approximate surface area is 193 Å². The normalized spacial score (nSPS) is 16.6. The first-order chi connectivity index (χ1) is 15.4. The van der Waals surface area contributed by atoms with Gasteiger partial charge in [0.05, 0.1) is 35.4 Å². The van der Waals surface area contributed by atoms with Crippen molar-refractivity contribution in [3.63, 3.8) is 0 Å². The number of aromatic amines is 1. The summed E-state index contributed by atoms with van der Waals surface area (Å²) < 4.78 is 7.71. The van der Waals surface area contributed by atoms with E-state index in [0.717, 1.165) is 22.2 Å². The second-order valence-electron chi connectivity index (χ2n) is 8.05. The van der Waals surface area contributed by atoms with E-state index in [1.54, 1.807) is 31.6 Å². The Morgan fingerprint density at radius 3 is 2.97 bits per heavy atom. The van der Waals surface area contributed by atoms with Crippen LogP contribution in [0.4, 0.5) is 0 Å². The summed E-state index contributed by atoms with van der Waals surface area (Å²) in [5, 5.41) is 18.3. The van der Waals surface area contributed by atoms with Crippen LogP contribution in [0, 0.1) is 5.92 Å². The second-order valence-corrected chi connectivity index (χ2v) is 8.84. The highest BCUT2D eigenvalue weighted by Crippen LogP contribution is 2.34. The Morgan fingerprint density at radius 1 is 1.38 bits per heavy atom. The van der Waals surface area contributed by atoms with Crippen molar-refractivity contribution in [3.05, 3.63) is 64.2 Å². The van der Waals surface area contributed by atoms with Crippen molar-refractivity contribution < 1.29 is 14.6 Å². The molecule has 2 atom stereocenters. The van der Waals surface area contributed by atoms with E-state index < -0.39 is 6.10 Å². The van der Waals surface area contributed by atoms with E-state index in [1.165, 1.54) is 0 Å². The van der Waals surface area contributed by atoms with E-state index in [9.17, 15) is 9.90 Å². The highest BCUT2D eigenvalue weighted by molar-refractivity contribution is 6.32. The number of hydrogen-bond donors (Lipinski definition) is 2. The average molecular weight is 471 g/mol. The van der Waals surface area contributed by atoms with Gasteiger partial charge in [0.25, 0.3) is 0 Å². The summed E-state index contributed by atoms with van der Waals surface area (Å²) in [7, 11) is 0. The quantitative estimate of drug-likeness (QED) is 0.417. The number of aliphatic hydroxyl groups is 1. The number of benzene rings is 1. The van der Waals surface area contributed by atoms with Crippen molar-refractivity contribution in [2.45, 2.75) is 26.0 Å². The summed E-state index contributed by atoms with van der Waals surface area (Å²) in [5.41, 5.74) is 3.56. The summed E-state index contributed by atoms with van der Waals surface area (Å²) >= 11 is 12.3. The molecule has 2 N–H and O–H groups in total. The van der Waals surface area contributed by atoms with Gasteiger partial charge >= 0.3 is 0 Å². The molecule has 1 aliphatic heterocycles. The van der Waals surface area contributed by atoms with Gasteiger partial charge in [0.2, 0.25) is 0 Å². The number of fused-ring (bicyclic) bond motifs is 2. The van der Waals surface area contributed by atoms with Crippen LogP contribution in [0.1, 0.15) is 22.8 Å². The third-order valence-corrected chi connectivity index (χ3v) is 6.19. The molecular formula is C23H20Cl2N4O3. The van der Waals surface area contributed by atoms with Crippen molar-refractivity contribution in [2.75, 3.05) is 6.61 Å². The molecule has 0 amide bonds. The standard InChI is InChI=1S/C23H20Cl2N4O3/c1-12(30)9-29-10-18(16-7-26-19(6-20(16)29)17-8-27-28-23(17)25)22(31)14-4-13-5-15(24)2-3-21(13)32-11-14/h2-3,5-8,10,12,14,30H,4,9,11H2,1H3,(H,27,28)/t12-,14?/m1/s1. The highest BCUT2D eigenvalue weighted by Gasteiger charge is 2.29. The molecule has 3 aromatic heterocycles. The Morgan fingerprint density at radius 2 is 2.22 bits per heavy atom. The maximum atomic E-state index is 13.5. The maximum absolute atomic E-state index is 13.5. The molecule has 7 nitrogen and oxygen atoms in total. The molecule has 164 valence electrons. The average Bonchev–Trinajstić information content (AvgIpc) is 3.35. The third kappa shape index (κ3) is 3.77. The van der Waals surface area contributed by atoms with Gasteiger partial charge in [-0.05, 0) is 43.2 Å². The predicted molar refractivity (Wildman–Crippen MR) is 122 cm³/mol. The van der Waals surface area contributed by atoms with Crippen LogP contribution in [-0.2, 0) is 13.0 Å². The third-order valence-electron chi connectivity index (χ3n) is 5.66. The molecule has 0 saturated heterocycles. The molecule has 1 aliphatic rings. The van der Waals surface area contributed by atoms with Crippen LogP contribution in [0.3, 0.4) is 0 Å². The summed E-state index contributed by atoms with van der Waals surface area (Å²) in [5.74, 6) is 0.397. The number of halogens is 2. The van der Waals surface area contributed by atoms with Gasteiger partial charge in [-0.2, -0.15) is 5.10 Å². The van der Waals surface area contributed by atoms with Gasteiger partial charge in [0, 0.05) is 41.1 Å². The number of carbonyl (C=O) groups is 1. The summed E-state index contributed by atoms with van der Waals surface area (Å²) in [6, 6.07) is 7.31. The van der Waals surface area contributed by atoms with Crippen molar-refractivity contribution in [2.24, 2.45) is 5.92 Å². The van der Waals surface area contributed by atoms with E-state index in [4.69, 9.17) is 27.9 Å². The van der Waals surface area contributed by atoms with Gasteiger partial charge in [-0.25, -0.2) is 0 Å². The van der Waals surface area contributed by atoms with Gasteiger partial charge < -0.3 is 14.4 Å².